The van der Waals surface area contributed by atoms with Gasteiger partial charge in [-0.1, -0.05) is 34.5 Å². The van der Waals surface area contributed by atoms with Crippen LogP contribution in [-0.4, -0.2) is 39.3 Å². The number of alkyl halides is 1. The van der Waals surface area contributed by atoms with Crippen LogP contribution >= 0.6 is 15.9 Å². The monoisotopic (exact) mass is 412 g/mol. The smallest absolute Gasteiger partial charge is 0.302 e. The molecule has 2 N–H and O–H groups in total. The molecule has 3 saturated carbocycles. The second kappa shape index (κ2) is 6.35. The van der Waals surface area contributed by atoms with E-state index in [1.807, 2.05) is 6.08 Å². The van der Waals surface area contributed by atoms with Gasteiger partial charge >= 0.3 is 5.97 Å². The van der Waals surface area contributed by atoms with Gasteiger partial charge in [0.2, 0.25) is 0 Å². The standard InChI is InChI=1S/C20H29BrO4/c1-10(22)25-19-16(21)9-15-18-14(5-6-20(15,19)2)13-4-3-12(23)7-11(13)8-17(18)24/h8,12-19,23-24H,3-7,9H2,1-2H3/t12-,13-,14?,15?,16+,17-,18?,19-,20-/m0/s1. The Morgan fingerprint density at radius 3 is 2.80 bits per heavy atom. The van der Waals surface area contributed by atoms with Crippen molar-refractivity contribution in [3.05, 3.63) is 11.6 Å². The fraction of sp³-hybridized carbons (Fsp3) is 0.850. The van der Waals surface area contributed by atoms with Crippen molar-refractivity contribution in [2.24, 2.45) is 29.1 Å². The number of aliphatic hydroxyl groups is 2. The molecule has 4 rings (SSSR count). The third-order valence-corrected chi connectivity index (χ3v) is 8.48. The Kier molecular flexibility index (Phi) is 4.57. The van der Waals surface area contributed by atoms with Crippen molar-refractivity contribution in [1.29, 1.82) is 0 Å². The van der Waals surface area contributed by atoms with E-state index in [2.05, 4.69) is 22.9 Å². The number of carbonyl (C=O) groups is 1. The third kappa shape index (κ3) is 2.81. The molecule has 3 fully saturated rings. The van der Waals surface area contributed by atoms with Gasteiger partial charge in [0.15, 0.2) is 0 Å². The van der Waals surface area contributed by atoms with Gasteiger partial charge in [0.25, 0.3) is 0 Å². The predicted octanol–water partition coefficient (Wildman–Crippen LogP) is 3.20. The van der Waals surface area contributed by atoms with Gasteiger partial charge < -0.3 is 14.9 Å². The van der Waals surface area contributed by atoms with Gasteiger partial charge in [-0.3, -0.25) is 4.79 Å². The summed E-state index contributed by atoms with van der Waals surface area (Å²) in [5, 5.41) is 21.0. The molecule has 0 aliphatic heterocycles. The van der Waals surface area contributed by atoms with E-state index in [-0.39, 0.29) is 34.3 Å². The Morgan fingerprint density at radius 2 is 2.08 bits per heavy atom. The Labute approximate surface area is 158 Å². The van der Waals surface area contributed by atoms with Gasteiger partial charge in [0, 0.05) is 12.3 Å². The Morgan fingerprint density at radius 1 is 1.32 bits per heavy atom. The molecular weight excluding hydrogens is 384 g/mol. The van der Waals surface area contributed by atoms with E-state index in [0.717, 1.165) is 38.5 Å². The molecule has 25 heavy (non-hydrogen) atoms. The Balaban J connectivity index is 1.65. The fourth-order valence-electron chi connectivity index (χ4n) is 6.59. The van der Waals surface area contributed by atoms with Crippen LogP contribution in [0.25, 0.3) is 0 Å². The van der Waals surface area contributed by atoms with Crippen LogP contribution in [0.4, 0.5) is 0 Å². The van der Waals surface area contributed by atoms with Gasteiger partial charge in [0.1, 0.15) is 6.10 Å². The highest BCUT2D eigenvalue weighted by atomic mass is 79.9. The number of ether oxygens (including phenoxy) is 1. The second-order valence-electron chi connectivity index (χ2n) is 8.95. The van der Waals surface area contributed by atoms with Crippen LogP contribution < -0.4 is 0 Å². The largest absolute Gasteiger partial charge is 0.461 e. The number of hydrogen-bond donors (Lipinski definition) is 2. The Bertz CT molecular complexity index is 590. The lowest BCUT2D eigenvalue weighted by molar-refractivity contribution is -0.157. The summed E-state index contributed by atoms with van der Waals surface area (Å²) < 4.78 is 5.72. The number of halogens is 1. The van der Waals surface area contributed by atoms with E-state index in [0.29, 0.717) is 17.8 Å². The predicted molar refractivity (Wildman–Crippen MR) is 98.1 cm³/mol. The molecule has 0 aromatic rings. The maximum absolute atomic E-state index is 11.6. The van der Waals surface area contributed by atoms with Crippen molar-refractivity contribution >= 4 is 21.9 Å². The molecule has 0 radical (unpaired) electrons. The van der Waals surface area contributed by atoms with Gasteiger partial charge in [-0.15, -0.1) is 0 Å². The summed E-state index contributed by atoms with van der Waals surface area (Å²) in [7, 11) is 0. The fourth-order valence-corrected chi connectivity index (χ4v) is 7.71. The minimum Gasteiger partial charge on any atom is -0.461 e. The number of fused-ring (bicyclic) bond motifs is 5. The lowest BCUT2D eigenvalue weighted by Crippen LogP contribution is -2.52. The summed E-state index contributed by atoms with van der Waals surface area (Å²) in [5.41, 5.74) is 1.21. The minimum absolute atomic E-state index is 0.0679. The molecule has 0 heterocycles. The summed E-state index contributed by atoms with van der Waals surface area (Å²) in [4.78, 5) is 11.8. The van der Waals surface area contributed by atoms with Gasteiger partial charge in [0.05, 0.1) is 17.0 Å². The first-order chi connectivity index (χ1) is 11.8. The average Bonchev–Trinajstić information content (AvgIpc) is 2.78. The number of esters is 1. The summed E-state index contributed by atoms with van der Waals surface area (Å²) in [6, 6.07) is 0. The maximum Gasteiger partial charge on any atom is 0.302 e. The molecule has 0 spiro atoms. The van der Waals surface area contributed by atoms with Crippen LogP contribution in [0.1, 0.15) is 52.4 Å². The highest BCUT2D eigenvalue weighted by Gasteiger charge is 2.61. The van der Waals surface area contributed by atoms with Gasteiger partial charge in [-0.05, 0) is 62.2 Å². The molecular formula is C20H29BrO4. The van der Waals surface area contributed by atoms with E-state index >= 15 is 0 Å². The molecule has 0 saturated heterocycles. The van der Waals surface area contributed by atoms with Crippen molar-refractivity contribution in [1.82, 2.24) is 0 Å². The van der Waals surface area contributed by atoms with Crippen molar-refractivity contribution in [2.45, 2.75) is 75.5 Å². The summed E-state index contributed by atoms with van der Waals surface area (Å²) >= 11 is 3.76. The van der Waals surface area contributed by atoms with E-state index in [1.165, 1.54) is 12.5 Å². The molecule has 4 aliphatic rings. The van der Waals surface area contributed by atoms with Crippen LogP contribution in [0.15, 0.2) is 11.6 Å². The van der Waals surface area contributed by atoms with E-state index in [9.17, 15) is 15.0 Å². The normalized spacial score (nSPS) is 51.8. The first-order valence-electron chi connectivity index (χ1n) is 9.69. The van der Waals surface area contributed by atoms with Crippen LogP contribution in [-0.2, 0) is 9.53 Å². The molecule has 9 atom stereocenters. The van der Waals surface area contributed by atoms with Crippen molar-refractivity contribution in [3.8, 4) is 0 Å². The van der Waals surface area contributed by atoms with Crippen molar-refractivity contribution < 1.29 is 19.7 Å². The van der Waals surface area contributed by atoms with Crippen LogP contribution in [0.3, 0.4) is 0 Å². The molecule has 5 heteroatoms. The molecule has 0 amide bonds. The first kappa shape index (κ1) is 18.0. The van der Waals surface area contributed by atoms with Crippen LogP contribution in [0.5, 0.6) is 0 Å². The van der Waals surface area contributed by atoms with Gasteiger partial charge in [-0.25, -0.2) is 0 Å². The number of aliphatic hydroxyl groups excluding tert-OH is 2. The highest BCUT2D eigenvalue weighted by Crippen LogP contribution is 2.62. The van der Waals surface area contributed by atoms with E-state index in [1.54, 1.807) is 0 Å². The minimum atomic E-state index is -0.443. The summed E-state index contributed by atoms with van der Waals surface area (Å²) in [6.07, 6.45) is 6.95. The van der Waals surface area contributed by atoms with Crippen LogP contribution in [0.2, 0.25) is 0 Å². The number of rotatable bonds is 1. The number of hydrogen-bond acceptors (Lipinski definition) is 4. The van der Waals surface area contributed by atoms with E-state index < -0.39 is 6.10 Å². The zero-order valence-corrected chi connectivity index (χ0v) is 16.6. The molecule has 4 aliphatic carbocycles. The average molecular weight is 413 g/mol. The van der Waals surface area contributed by atoms with Crippen molar-refractivity contribution in [3.63, 3.8) is 0 Å². The lowest BCUT2D eigenvalue weighted by atomic mass is 9.52. The molecule has 0 bridgehead atoms. The second-order valence-corrected chi connectivity index (χ2v) is 10.1. The maximum atomic E-state index is 11.6. The zero-order chi connectivity index (χ0) is 17.9. The quantitative estimate of drug-likeness (QED) is 0.394. The SMILES string of the molecule is CC(=O)O[C@H]1[C@H](Br)CC2C3C(CC[C@@]21C)[C@H]1CC[C@H](O)CC1=C[C@@H]3O. The third-order valence-electron chi connectivity index (χ3n) is 7.63. The molecule has 3 unspecified atom stereocenters. The Hall–Kier alpha value is -0.390. The molecule has 140 valence electrons. The lowest BCUT2D eigenvalue weighted by Gasteiger charge is -2.54. The highest BCUT2D eigenvalue weighted by molar-refractivity contribution is 9.09. The topological polar surface area (TPSA) is 66.8 Å². The molecule has 4 nitrogen and oxygen atoms in total. The summed E-state index contributed by atoms with van der Waals surface area (Å²) in [5.74, 6) is 1.40. The van der Waals surface area contributed by atoms with Gasteiger partial charge in [-0.2, -0.15) is 0 Å². The first-order valence-corrected chi connectivity index (χ1v) is 10.6. The van der Waals surface area contributed by atoms with E-state index in [4.69, 9.17) is 4.74 Å². The number of carbonyl (C=O) groups excluding carboxylic acids is 1. The zero-order valence-electron chi connectivity index (χ0n) is 15.0. The van der Waals surface area contributed by atoms with Crippen LogP contribution in [0, 0.1) is 29.1 Å². The summed E-state index contributed by atoms with van der Waals surface area (Å²) in [6.45, 7) is 3.74. The molecule has 0 aromatic heterocycles. The van der Waals surface area contributed by atoms with Crippen molar-refractivity contribution in [2.75, 3.05) is 0 Å². The molecule has 0 aromatic carbocycles.